The van der Waals surface area contributed by atoms with Gasteiger partial charge in [0.15, 0.2) is 16.1 Å². The number of hydrogen-bond donors (Lipinski definition) is 1. The first-order chi connectivity index (χ1) is 15.1. The molecular formula is C21H18ClN5O2S2. The van der Waals surface area contributed by atoms with Gasteiger partial charge >= 0.3 is 0 Å². The van der Waals surface area contributed by atoms with Crippen LogP contribution in [0.15, 0.2) is 65.1 Å². The average molecular weight is 472 g/mol. The number of para-hydroxylation sites is 2. The number of rotatable bonds is 8. The molecule has 0 aliphatic rings. The van der Waals surface area contributed by atoms with Crippen molar-refractivity contribution in [3.63, 3.8) is 0 Å². The van der Waals surface area contributed by atoms with Gasteiger partial charge in [0.05, 0.1) is 10.7 Å². The second-order valence-electron chi connectivity index (χ2n) is 6.40. The Kier molecular flexibility index (Phi) is 6.86. The summed E-state index contributed by atoms with van der Waals surface area (Å²) in [6, 6.07) is 17.2. The Morgan fingerprint density at radius 2 is 1.94 bits per heavy atom. The summed E-state index contributed by atoms with van der Waals surface area (Å²) in [5, 5.41) is 15.2. The second-order valence-corrected chi connectivity index (χ2v) is 8.61. The number of benzene rings is 2. The summed E-state index contributed by atoms with van der Waals surface area (Å²) >= 11 is 9.11. The van der Waals surface area contributed by atoms with E-state index in [0.717, 1.165) is 16.5 Å². The van der Waals surface area contributed by atoms with Gasteiger partial charge in [-0.1, -0.05) is 53.7 Å². The van der Waals surface area contributed by atoms with Crippen LogP contribution in [0, 0.1) is 0 Å². The maximum atomic E-state index is 11.2. The zero-order valence-electron chi connectivity index (χ0n) is 16.5. The Bertz CT molecular complexity index is 1180. The summed E-state index contributed by atoms with van der Waals surface area (Å²) in [5.41, 5.74) is 1.79. The van der Waals surface area contributed by atoms with Crippen LogP contribution in [0.5, 0.6) is 5.75 Å². The lowest BCUT2D eigenvalue weighted by atomic mass is 10.3. The van der Waals surface area contributed by atoms with Crippen molar-refractivity contribution in [1.29, 1.82) is 0 Å². The van der Waals surface area contributed by atoms with E-state index in [-0.39, 0.29) is 12.5 Å². The molecule has 4 aromatic rings. The van der Waals surface area contributed by atoms with E-state index < -0.39 is 0 Å². The standard InChI is InChI=1S/C21H18ClN5O2S2/c1-14(28)23-20-24-15(12-30-20)13-31-21-26-25-19(27(21)16-7-3-2-4-8-16)11-29-18-10-6-5-9-17(18)22/h2-10,12H,11,13H2,1H3,(H,23,24,28). The fraction of sp³-hybridized carbons (Fsp3) is 0.143. The second kappa shape index (κ2) is 9.95. The Hall–Kier alpha value is -2.88. The average Bonchev–Trinajstić information content (AvgIpc) is 3.38. The number of carbonyl (C=O) groups excluding carboxylic acids is 1. The molecule has 0 atom stereocenters. The number of aromatic nitrogens is 4. The molecule has 0 spiro atoms. The van der Waals surface area contributed by atoms with Crippen LogP contribution in [0.3, 0.4) is 0 Å². The third-order valence-corrected chi connectivity index (χ3v) is 6.17. The van der Waals surface area contributed by atoms with Crippen LogP contribution in [0.25, 0.3) is 5.69 Å². The van der Waals surface area contributed by atoms with E-state index in [4.69, 9.17) is 16.3 Å². The molecule has 0 saturated heterocycles. The van der Waals surface area contributed by atoms with E-state index in [2.05, 4.69) is 20.5 Å². The van der Waals surface area contributed by atoms with Crippen LogP contribution < -0.4 is 10.1 Å². The van der Waals surface area contributed by atoms with Crippen molar-refractivity contribution in [3.8, 4) is 11.4 Å². The molecule has 1 N–H and O–H groups in total. The normalized spacial score (nSPS) is 10.8. The molecular weight excluding hydrogens is 454 g/mol. The number of halogens is 1. The lowest BCUT2D eigenvalue weighted by Gasteiger charge is -2.11. The van der Waals surface area contributed by atoms with E-state index in [9.17, 15) is 4.79 Å². The molecule has 0 saturated carbocycles. The predicted octanol–water partition coefficient (Wildman–Crippen LogP) is 5.21. The minimum Gasteiger partial charge on any atom is -0.484 e. The van der Waals surface area contributed by atoms with Gasteiger partial charge in [0.1, 0.15) is 12.4 Å². The van der Waals surface area contributed by atoms with E-state index in [1.807, 2.05) is 58.5 Å². The number of amides is 1. The number of ether oxygens (including phenoxy) is 1. The first kappa shape index (κ1) is 21.4. The van der Waals surface area contributed by atoms with Crippen LogP contribution in [-0.2, 0) is 17.2 Å². The lowest BCUT2D eigenvalue weighted by molar-refractivity contribution is -0.114. The third-order valence-electron chi connectivity index (χ3n) is 4.09. The highest BCUT2D eigenvalue weighted by Crippen LogP contribution is 2.28. The third kappa shape index (κ3) is 5.43. The monoisotopic (exact) mass is 471 g/mol. The number of thiazole rings is 1. The first-order valence-corrected chi connectivity index (χ1v) is 11.6. The molecule has 0 radical (unpaired) electrons. The Morgan fingerprint density at radius 3 is 2.71 bits per heavy atom. The van der Waals surface area contributed by atoms with Crippen LogP contribution in [0.1, 0.15) is 18.4 Å². The summed E-state index contributed by atoms with van der Waals surface area (Å²) in [7, 11) is 0. The van der Waals surface area contributed by atoms with Gasteiger partial charge < -0.3 is 10.1 Å². The minimum atomic E-state index is -0.138. The predicted molar refractivity (Wildman–Crippen MR) is 123 cm³/mol. The summed E-state index contributed by atoms with van der Waals surface area (Å²) < 4.78 is 7.85. The van der Waals surface area contributed by atoms with Gasteiger partial charge in [0.2, 0.25) is 5.91 Å². The van der Waals surface area contributed by atoms with Crippen molar-refractivity contribution in [2.24, 2.45) is 0 Å². The van der Waals surface area contributed by atoms with Crippen molar-refractivity contribution in [1.82, 2.24) is 19.7 Å². The van der Waals surface area contributed by atoms with Crippen LogP contribution in [-0.4, -0.2) is 25.7 Å². The number of nitrogens with one attached hydrogen (secondary N) is 1. The molecule has 0 aliphatic heterocycles. The highest BCUT2D eigenvalue weighted by Gasteiger charge is 2.16. The van der Waals surface area contributed by atoms with Gasteiger partial charge in [0, 0.05) is 23.7 Å². The van der Waals surface area contributed by atoms with E-state index in [1.54, 1.807) is 6.07 Å². The van der Waals surface area contributed by atoms with E-state index in [1.165, 1.54) is 30.0 Å². The quantitative estimate of drug-likeness (QED) is 0.355. The fourth-order valence-electron chi connectivity index (χ4n) is 2.75. The number of thioether (sulfide) groups is 1. The van der Waals surface area contributed by atoms with Gasteiger partial charge in [0.25, 0.3) is 0 Å². The molecule has 0 unspecified atom stereocenters. The van der Waals surface area contributed by atoms with Gasteiger partial charge in [-0.25, -0.2) is 4.98 Å². The maximum Gasteiger partial charge on any atom is 0.223 e. The van der Waals surface area contributed by atoms with Crippen molar-refractivity contribution in [3.05, 3.63) is 76.5 Å². The molecule has 2 heterocycles. The number of carbonyl (C=O) groups is 1. The molecule has 31 heavy (non-hydrogen) atoms. The zero-order chi connectivity index (χ0) is 21.6. The van der Waals surface area contributed by atoms with Gasteiger partial charge in [-0.05, 0) is 24.3 Å². The molecule has 2 aromatic carbocycles. The van der Waals surface area contributed by atoms with Crippen molar-refractivity contribution < 1.29 is 9.53 Å². The van der Waals surface area contributed by atoms with Crippen molar-refractivity contribution in [2.75, 3.05) is 5.32 Å². The largest absolute Gasteiger partial charge is 0.484 e. The molecule has 0 bridgehead atoms. The maximum absolute atomic E-state index is 11.2. The van der Waals surface area contributed by atoms with Crippen molar-refractivity contribution in [2.45, 2.75) is 24.4 Å². The summed E-state index contributed by atoms with van der Waals surface area (Å²) in [6.07, 6.45) is 0. The molecule has 10 heteroatoms. The van der Waals surface area contributed by atoms with Crippen LogP contribution in [0.4, 0.5) is 5.13 Å². The number of hydrogen-bond acceptors (Lipinski definition) is 7. The number of nitrogens with zero attached hydrogens (tertiary/aromatic N) is 4. The van der Waals surface area contributed by atoms with Crippen LogP contribution >= 0.6 is 34.7 Å². The Morgan fingerprint density at radius 1 is 1.16 bits per heavy atom. The van der Waals surface area contributed by atoms with E-state index in [0.29, 0.717) is 27.5 Å². The lowest BCUT2D eigenvalue weighted by Crippen LogP contribution is -2.07. The molecule has 4 rings (SSSR count). The van der Waals surface area contributed by atoms with Crippen molar-refractivity contribution >= 4 is 45.7 Å². The van der Waals surface area contributed by atoms with Gasteiger partial charge in [-0.3, -0.25) is 9.36 Å². The Labute approximate surface area is 192 Å². The Balaban J connectivity index is 1.54. The van der Waals surface area contributed by atoms with Gasteiger partial charge in [-0.15, -0.1) is 21.5 Å². The highest BCUT2D eigenvalue weighted by atomic mass is 35.5. The minimum absolute atomic E-state index is 0.138. The molecule has 2 aromatic heterocycles. The summed E-state index contributed by atoms with van der Waals surface area (Å²) in [6.45, 7) is 1.68. The molecule has 158 valence electrons. The molecule has 1 amide bonds. The zero-order valence-corrected chi connectivity index (χ0v) is 18.9. The highest BCUT2D eigenvalue weighted by molar-refractivity contribution is 7.98. The SMILES string of the molecule is CC(=O)Nc1nc(CSc2nnc(COc3ccccc3Cl)n2-c2ccccc2)cs1. The van der Waals surface area contributed by atoms with Gasteiger partial charge in [-0.2, -0.15) is 0 Å². The smallest absolute Gasteiger partial charge is 0.223 e. The van der Waals surface area contributed by atoms with Crippen LogP contribution in [0.2, 0.25) is 5.02 Å². The molecule has 7 nitrogen and oxygen atoms in total. The summed E-state index contributed by atoms with van der Waals surface area (Å²) in [5.74, 6) is 1.70. The number of anilines is 1. The molecule has 0 aliphatic carbocycles. The topological polar surface area (TPSA) is 81.9 Å². The first-order valence-electron chi connectivity index (χ1n) is 9.32. The molecule has 0 fully saturated rings. The van der Waals surface area contributed by atoms with E-state index >= 15 is 0 Å². The fourth-order valence-corrected chi connectivity index (χ4v) is 4.66. The summed E-state index contributed by atoms with van der Waals surface area (Å²) in [4.78, 5) is 15.6.